The van der Waals surface area contributed by atoms with Crippen molar-refractivity contribution >= 4 is 11.8 Å². The Kier molecular flexibility index (Phi) is 2.95. The van der Waals surface area contributed by atoms with Crippen LogP contribution in [0.5, 0.6) is 0 Å². The number of amides is 2. The van der Waals surface area contributed by atoms with E-state index in [0.717, 1.165) is 0 Å². The Labute approximate surface area is 97.6 Å². The number of H-pyrrole nitrogens is 1. The van der Waals surface area contributed by atoms with Gasteiger partial charge in [-0.15, -0.1) is 0 Å². The Balaban J connectivity index is 2.29. The van der Waals surface area contributed by atoms with Crippen LogP contribution in [0, 0.1) is 0 Å². The number of aromatic nitrogens is 1. The monoisotopic (exact) mass is 235 g/mol. The molecule has 0 aliphatic carbocycles. The van der Waals surface area contributed by atoms with Gasteiger partial charge in [-0.25, -0.2) is 0 Å². The molecule has 1 fully saturated rings. The zero-order chi connectivity index (χ0) is 12.4. The fourth-order valence-electron chi connectivity index (χ4n) is 1.80. The summed E-state index contributed by atoms with van der Waals surface area (Å²) in [5.41, 5.74) is -0.277. The number of pyridine rings is 1. The Morgan fingerprint density at radius 3 is 2.94 bits per heavy atom. The highest BCUT2D eigenvalue weighted by molar-refractivity contribution is 5.97. The van der Waals surface area contributed by atoms with Gasteiger partial charge in [0.15, 0.2) is 5.43 Å². The van der Waals surface area contributed by atoms with Crippen molar-refractivity contribution in [2.45, 2.75) is 13.0 Å². The molecule has 2 amide bonds. The van der Waals surface area contributed by atoms with E-state index >= 15 is 0 Å². The molecular weight excluding hydrogens is 222 g/mol. The second-order valence-electron chi connectivity index (χ2n) is 3.89. The summed E-state index contributed by atoms with van der Waals surface area (Å²) in [4.78, 5) is 39.2. The molecule has 2 rings (SSSR count). The summed E-state index contributed by atoms with van der Waals surface area (Å²) in [7, 11) is 0. The lowest BCUT2D eigenvalue weighted by atomic mass is 10.1. The first kappa shape index (κ1) is 11.4. The molecule has 0 radical (unpaired) electrons. The van der Waals surface area contributed by atoms with Crippen LogP contribution in [0.25, 0.3) is 0 Å². The topological polar surface area (TPSA) is 82.3 Å². The van der Waals surface area contributed by atoms with E-state index in [-0.39, 0.29) is 16.9 Å². The van der Waals surface area contributed by atoms with Crippen LogP contribution in [-0.4, -0.2) is 40.8 Å². The number of carbonyl (C=O) groups excluding carboxylic acids is 2. The van der Waals surface area contributed by atoms with Gasteiger partial charge in [-0.2, -0.15) is 0 Å². The van der Waals surface area contributed by atoms with Crippen LogP contribution in [0.1, 0.15) is 17.3 Å². The van der Waals surface area contributed by atoms with Crippen LogP contribution in [-0.2, 0) is 4.79 Å². The first-order chi connectivity index (χ1) is 8.11. The Morgan fingerprint density at radius 1 is 1.47 bits per heavy atom. The lowest BCUT2D eigenvalue weighted by Crippen LogP contribution is -2.56. The molecule has 1 aromatic rings. The van der Waals surface area contributed by atoms with Crippen LogP contribution < -0.4 is 10.7 Å². The second-order valence-corrected chi connectivity index (χ2v) is 3.89. The molecule has 6 nitrogen and oxygen atoms in total. The SMILES string of the molecule is CC1C(=O)NCCN1C(=O)c1c[nH]ccc1=O. The fourth-order valence-corrected chi connectivity index (χ4v) is 1.80. The van der Waals surface area contributed by atoms with Crippen LogP contribution >= 0.6 is 0 Å². The van der Waals surface area contributed by atoms with Crippen LogP contribution in [0.15, 0.2) is 23.3 Å². The second kappa shape index (κ2) is 4.40. The molecule has 0 bridgehead atoms. The first-order valence-electron chi connectivity index (χ1n) is 5.37. The van der Waals surface area contributed by atoms with Crippen molar-refractivity contribution in [1.29, 1.82) is 0 Å². The van der Waals surface area contributed by atoms with Gasteiger partial charge >= 0.3 is 0 Å². The number of piperazine rings is 1. The predicted octanol–water partition coefficient (Wildman–Crippen LogP) is -0.665. The smallest absolute Gasteiger partial charge is 0.260 e. The number of nitrogens with zero attached hydrogens (tertiary/aromatic N) is 1. The third-order valence-corrected chi connectivity index (χ3v) is 2.81. The summed E-state index contributed by atoms with van der Waals surface area (Å²) < 4.78 is 0. The van der Waals surface area contributed by atoms with E-state index in [1.54, 1.807) is 6.92 Å². The minimum absolute atomic E-state index is 0.0639. The highest BCUT2D eigenvalue weighted by atomic mass is 16.2. The van der Waals surface area contributed by atoms with Crippen molar-refractivity contribution in [3.05, 3.63) is 34.2 Å². The Hall–Kier alpha value is -2.11. The van der Waals surface area contributed by atoms with E-state index in [0.29, 0.717) is 13.1 Å². The molecule has 1 aromatic heterocycles. The minimum Gasteiger partial charge on any atom is -0.367 e. The molecule has 0 saturated carbocycles. The molecule has 1 atom stereocenters. The average molecular weight is 235 g/mol. The average Bonchev–Trinajstić information content (AvgIpc) is 2.32. The molecule has 0 aromatic carbocycles. The van der Waals surface area contributed by atoms with Crippen LogP contribution in [0.3, 0.4) is 0 Å². The van der Waals surface area contributed by atoms with Crippen molar-refractivity contribution in [2.24, 2.45) is 0 Å². The number of nitrogens with one attached hydrogen (secondary N) is 2. The maximum atomic E-state index is 12.1. The normalized spacial score (nSPS) is 19.9. The molecular formula is C11H13N3O3. The van der Waals surface area contributed by atoms with Gasteiger partial charge in [0.2, 0.25) is 5.91 Å². The molecule has 90 valence electrons. The number of hydrogen-bond donors (Lipinski definition) is 2. The third-order valence-electron chi connectivity index (χ3n) is 2.81. The molecule has 1 saturated heterocycles. The summed E-state index contributed by atoms with van der Waals surface area (Å²) in [5.74, 6) is -0.605. The van der Waals surface area contributed by atoms with Gasteiger partial charge in [-0.1, -0.05) is 0 Å². The first-order valence-corrected chi connectivity index (χ1v) is 5.37. The number of rotatable bonds is 1. The zero-order valence-electron chi connectivity index (χ0n) is 9.40. The van der Waals surface area contributed by atoms with Gasteiger partial charge in [0, 0.05) is 31.5 Å². The van der Waals surface area contributed by atoms with Gasteiger partial charge in [0.05, 0.1) is 0 Å². The largest absolute Gasteiger partial charge is 0.367 e. The maximum absolute atomic E-state index is 12.1. The van der Waals surface area contributed by atoms with Gasteiger partial charge in [-0.3, -0.25) is 14.4 Å². The summed E-state index contributed by atoms with van der Waals surface area (Å²) in [6.07, 6.45) is 2.83. The van der Waals surface area contributed by atoms with Crippen molar-refractivity contribution in [3.8, 4) is 0 Å². The van der Waals surface area contributed by atoms with Gasteiger partial charge in [0.1, 0.15) is 11.6 Å². The highest BCUT2D eigenvalue weighted by Crippen LogP contribution is 2.07. The molecule has 1 aliphatic heterocycles. The van der Waals surface area contributed by atoms with E-state index in [2.05, 4.69) is 10.3 Å². The maximum Gasteiger partial charge on any atom is 0.260 e. The molecule has 17 heavy (non-hydrogen) atoms. The van der Waals surface area contributed by atoms with Crippen molar-refractivity contribution in [3.63, 3.8) is 0 Å². The molecule has 0 spiro atoms. The van der Waals surface area contributed by atoms with Gasteiger partial charge in [-0.05, 0) is 6.92 Å². The molecule has 6 heteroatoms. The van der Waals surface area contributed by atoms with E-state index in [9.17, 15) is 14.4 Å². The summed E-state index contributed by atoms with van der Waals surface area (Å²) in [6, 6.07) is 0.748. The third kappa shape index (κ3) is 2.06. The van der Waals surface area contributed by atoms with Gasteiger partial charge in [0.25, 0.3) is 5.91 Å². The molecule has 2 N–H and O–H groups in total. The summed E-state index contributed by atoms with van der Waals surface area (Å²) in [5, 5.41) is 2.66. The van der Waals surface area contributed by atoms with E-state index < -0.39 is 11.9 Å². The summed E-state index contributed by atoms with van der Waals surface area (Å²) in [6.45, 7) is 2.48. The lowest BCUT2D eigenvalue weighted by molar-refractivity contribution is -0.127. The fraction of sp³-hybridized carbons (Fsp3) is 0.364. The Bertz CT molecular complexity index is 509. The van der Waals surface area contributed by atoms with Crippen LogP contribution in [0.2, 0.25) is 0 Å². The van der Waals surface area contributed by atoms with E-state index in [1.165, 1.54) is 23.4 Å². The zero-order valence-corrected chi connectivity index (χ0v) is 9.40. The van der Waals surface area contributed by atoms with Crippen molar-refractivity contribution in [1.82, 2.24) is 15.2 Å². The highest BCUT2D eigenvalue weighted by Gasteiger charge is 2.30. The molecule has 1 unspecified atom stereocenters. The predicted molar refractivity (Wildman–Crippen MR) is 60.6 cm³/mol. The Morgan fingerprint density at radius 2 is 2.24 bits per heavy atom. The minimum atomic E-state index is -0.546. The summed E-state index contributed by atoms with van der Waals surface area (Å²) >= 11 is 0. The van der Waals surface area contributed by atoms with Gasteiger partial charge < -0.3 is 15.2 Å². The molecule has 1 aliphatic rings. The quantitative estimate of drug-likeness (QED) is 0.677. The number of carbonyl (C=O) groups is 2. The van der Waals surface area contributed by atoms with E-state index in [4.69, 9.17) is 0 Å². The lowest BCUT2D eigenvalue weighted by Gasteiger charge is -2.32. The number of hydrogen-bond acceptors (Lipinski definition) is 3. The van der Waals surface area contributed by atoms with Crippen molar-refractivity contribution < 1.29 is 9.59 Å². The number of aromatic amines is 1. The van der Waals surface area contributed by atoms with E-state index in [1.807, 2.05) is 0 Å². The van der Waals surface area contributed by atoms with Crippen molar-refractivity contribution in [2.75, 3.05) is 13.1 Å². The van der Waals surface area contributed by atoms with Crippen LogP contribution in [0.4, 0.5) is 0 Å². The standard InChI is InChI=1S/C11H13N3O3/c1-7-10(16)13-4-5-14(7)11(17)8-6-12-3-2-9(8)15/h2-3,6-7H,4-5H2,1H3,(H,12,15)(H,13,16). The molecule has 2 heterocycles.